The van der Waals surface area contributed by atoms with Gasteiger partial charge in [0, 0.05) is 44.2 Å². The number of nitrogens with zero attached hydrogens (tertiary/aromatic N) is 3. The summed E-state index contributed by atoms with van der Waals surface area (Å²) < 4.78 is 26.7. The third-order valence-electron chi connectivity index (χ3n) is 5.96. The first-order chi connectivity index (χ1) is 14.0. The van der Waals surface area contributed by atoms with Gasteiger partial charge in [0.15, 0.2) is 0 Å². The summed E-state index contributed by atoms with van der Waals surface area (Å²) in [4.78, 5) is 16.9. The number of benzene rings is 1. The molecule has 0 spiro atoms. The maximum atomic E-state index is 12.8. The molecule has 1 heterocycles. The number of hydrogen-bond acceptors (Lipinski definition) is 4. The van der Waals surface area contributed by atoms with Gasteiger partial charge in [-0.05, 0) is 31.4 Å². The van der Waals surface area contributed by atoms with E-state index in [9.17, 15) is 13.2 Å². The Morgan fingerprint density at radius 1 is 1.07 bits per heavy atom. The van der Waals surface area contributed by atoms with Crippen LogP contribution in [0, 0.1) is 0 Å². The van der Waals surface area contributed by atoms with Gasteiger partial charge in [0.25, 0.3) is 0 Å². The third-order valence-corrected chi connectivity index (χ3v) is 7.52. The molecule has 160 valence electrons. The van der Waals surface area contributed by atoms with Crippen LogP contribution in [0.2, 0.25) is 0 Å². The minimum Gasteiger partial charge on any atom is -0.339 e. The topological polar surface area (TPSA) is 60.9 Å². The Morgan fingerprint density at radius 2 is 1.72 bits per heavy atom. The molecule has 0 atom stereocenters. The second kappa shape index (κ2) is 10.4. The second-order valence-electron chi connectivity index (χ2n) is 7.91. The zero-order valence-electron chi connectivity index (χ0n) is 17.4. The fraction of sp³-hybridized carbons (Fsp3) is 0.591. The first-order valence-electron chi connectivity index (χ1n) is 10.7. The van der Waals surface area contributed by atoms with Gasteiger partial charge < -0.3 is 4.90 Å². The first-order valence-corrected chi connectivity index (χ1v) is 12.2. The van der Waals surface area contributed by atoms with Crippen LogP contribution in [0.1, 0.15) is 44.6 Å². The Labute approximate surface area is 175 Å². The molecule has 29 heavy (non-hydrogen) atoms. The average Bonchev–Trinajstić information content (AvgIpc) is 2.75. The van der Waals surface area contributed by atoms with Crippen molar-refractivity contribution in [3.8, 4) is 0 Å². The SMILES string of the molecule is CCN(C(=O)CN1CCN(S(=O)(=O)/C=C/c2ccccc2)CC1)C1CCCCC1. The van der Waals surface area contributed by atoms with E-state index in [0.29, 0.717) is 38.8 Å². The lowest BCUT2D eigenvalue weighted by Crippen LogP contribution is -2.52. The normalized spacial score (nSPS) is 20.2. The third kappa shape index (κ3) is 6.14. The van der Waals surface area contributed by atoms with Gasteiger partial charge >= 0.3 is 0 Å². The summed E-state index contributed by atoms with van der Waals surface area (Å²) in [6.07, 6.45) is 7.55. The average molecular weight is 420 g/mol. The fourth-order valence-corrected chi connectivity index (χ4v) is 5.44. The van der Waals surface area contributed by atoms with Crippen LogP contribution in [0.25, 0.3) is 6.08 Å². The minimum atomic E-state index is -3.44. The van der Waals surface area contributed by atoms with Gasteiger partial charge in [-0.15, -0.1) is 0 Å². The predicted molar refractivity (Wildman–Crippen MR) is 117 cm³/mol. The van der Waals surface area contributed by atoms with Crippen LogP contribution < -0.4 is 0 Å². The Balaban J connectivity index is 1.50. The molecule has 1 aliphatic heterocycles. The number of hydrogen-bond donors (Lipinski definition) is 0. The molecule has 0 N–H and O–H groups in total. The van der Waals surface area contributed by atoms with Crippen molar-refractivity contribution in [1.82, 2.24) is 14.1 Å². The zero-order valence-corrected chi connectivity index (χ0v) is 18.2. The number of carbonyl (C=O) groups is 1. The van der Waals surface area contributed by atoms with Crippen molar-refractivity contribution >= 4 is 22.0 Å². The van der Waals surface area contributed by atoms with Crippen molar-refractivity contribution in [2.45, 2.75) is 45.1 Å². The molecule has 7 heteroatoms. The number of sulfonamides is 1. The summed E-state index contributed by atoms with van der Waals surface area (Å²) in [7, 11) is -3.44. The molecule has 2 fully saturated rings. The van der Waals surface area contributed by atoms with E-state index in [4.69, 9.17) is 0 Å². The monoisotopic (exact) mass is 419 g/mol. The van der Waals surface area contributed by atoms with E-state index < -0.39 is 10.0 Å². The molecule has 1 saturated carbocycles. The van der Waals surface area contributed by atoms with Crippen molar-refractivity contribution in [3.05, 3.63) is 41.3 Å². The van der Waals surface area contributed by atoms with Crippen LogP contribution in [0.3, 0.4) is 0 Å². The lowest BCUT2D eigenvalue weighted by molar-refractivity contribution is -0.135. The molecule has 3 rings (SSSR count). The van der Waals surface area contributed by atoms with Crippen LogP contribution in [0.15, 0.2) is 35.7 Å². The summed E-state index contributed by atoms with van der Waals surface area (Å²) in [5.74, 6) is 0.180. The van der Waals surface area contributed by atoms with Crippen LogP contribution in [0.5, 0.6) is 0 Å². The predicted octanol–water partition coefficient (Wildman–Crippen LogP) is 2.79. The fourth-order valence-electron chi connectivity index (χ4n) is 4.27. The molecule has 1 aromatic carbocycles. The summed E-state index contributed by atoms with van der Waals surface area (Å²) in [6.45, 7) is 5.21. The summed E-state index contributed by atoms with van der Waals surface area (Å²) in [5.41, 5.74) is 0.864. The van der Waals surface area contributed by atoms with E-state index in [1.54, 1.807) is 6.08 Å². The lowest BCUT2D eigenvalue weighted by atomic mass is 9.94. The number of amides is 1. The van der Waals surface area contributed by atoms with Crippen LogP contribution in [-0.4, -0.2) is 73.7 Å². The van der Waals surface area contributed by atoms with Crippen molar-refractivity contribution in [2.75, 3.05) is 39.3 Å². The Hall–Kier alpha value is -1.70. The van der Waals surface area contributed by atoms with E-state index in [0.717, 1.165) is 24.9 Å². The van der Waals surface area contributed by atoms with Gasteiger partial charge in [0.05, 0.1) is 6.54 Å². The highest BCUT2D eigenvalue weighted by molar-refractivity contribution is 7.92. The number of rotatable bonds is 7. The lowest BCUT2D eigenvalue weighted by Gasteiger charge is -2.37. The summed E-state index contributed by atoms with van der Waals surface area (Å²) in [6, 6.07) is 9.80. The van der Waals surface area contributed by atoms with E-state index in [-0.39, 0.29) is 5.91 Å². The highest BCUT2D eigenvalue weighted by atomic mass is 32.2. The van der Waals surface area contributed by atoms with Crippen molar-refractivity contribution in [2.24, 2.45) is 0 Å². The number of carbonyl (C=O) groups excluding carboxylic acids is 1. The van der Waals surface area contributed by atoms with E-state index in [1.165, 1.54) is 29.0 Å². The molecular weight excluding hydrogens is 386 g/mol. The smallest absolute Gasteiger partial charge is 0.236 e. The quantitative estimate of drug-likeness (QED) is 0.682. The molecule has 0 unspecified atom stereocenters. The van der Waals surface area contributed by atoms with Crippen molar-refractivity contribution in [3.63, 3.8) is 0 Å². The van der Waals surface area contributed by atoms with Crippen LogP contribution in [-0.2, 0) is 14.8 Å². The van der Waals surface area contributed by atoms with Crippen LogP contribution >= 0.6 is 0 Å². The van der Waals surface area contributed by atoms with Gasteiger partial charge in [-0.2, -0.15) is 4.31 Å². The molecule has 0 aromatic heterocycles. The highest BCUT2D eigenvalue weighted by Gasteiger charge is 2.29. The molecule has 0 bridgehead atoms. The van der Waals surface area contributed by atoms with E-state index in [1.807, 2.05) is 35.2 Å². The molecular formula is C22H33N3O3S. The molecule has 1 aliphatic carbocycles. The van der Waals surface area contributed by atoms with E-state index in [2.05, 4.69) is 11.8 Å². The molecule has 1 amide bonds. The van der Waals surface area contributed by atoms with Gasteiger partial charge in [-0.25, -0.2) is 8.42 Å². The highest BCUT2D eigenvalue weighted by Crippen LogP contribution is 2.23. The molecule has 0 radical (unpaired) electrons. The largest absolute Gasteiger partial charge is 0.339 e. The van der Waals surface area contributed by atoms with Gasteiger partial charge in [0.2, 0.25) is 15.9 Å². The molecule has 2 aliphatic rings. The summed E-state index contributed by atoms with van der Waals surface area (Å²) in [5, 5.41) is 1.28. The zero-order chi connectivity index (χ0) is 20.7. The van der Waals surface area contributed by atoms with Crippen molar-refractivity contribution in [1.29, 1.82) is 0 Å². The molecule has 1 aromatic rings. The Kier molecular flexibility index (Phi) is 7.86. The van der Waals surface area contributed by atoms with Crippen molar-refractivity contribution < 1.29 is 13.2 Å². The molecule has 1 saturated heterocycles. The Morgan fingerprint density at radius 3 is 2.34 bits per heavy atom. The first kappa shape index (κ1) is 22.0. The second-order valence-corrected chi connectivity index (χ2v) is 9.72. The van der Waals surface area contributed by atoms with Gasteiger partial charge in [-0.3, -0.25) is 9.69 Å². The van der Waals surface area contributed by atoms with Gasteiger partial charge in [-0.1, -0.05) is 49.6 Å². The maximum absolute atomic E-state index is 12.8. The number of piperazine rings is 1. The number of likely N-dealkylation sites (N-methyl/N-ethyl adjacent to an activating group) is 1. The summed E-state index contributed by atoms with van der Waals surface area (Å²) >= 11 is 0. The van der Waals surface area contributed by atoms with E-state index >= 15 is 0 Å². The standard InChI is InChI=1S/C22H33N3O3S/c1-2-25(21-11-7-4-8-12-21)22(26)19-23-14-16-24(17-15-23)29(27,28)18-13-20-9-5-3-6-10-20/h3,5-6,9-10,13,18,21H,2,4,7-8,11-12,14-17,19H2,1H3/b18-13+. The Bertz CT molecular complexity index is 781. The maximum Gasteiger partial charge on any atom is 0.236 e. The van der Waals surface area contributed by atoms with Gasteiger partial charge in [0.1, 0.15) is 0 Å². The van der Waals surface area contributed by atoms with Crippen LogP contribution in [0.4, 0.5) is 0 Å². The minimum absolute atomic E-state index is 0.180. The molecule has 6 nitrogen and oxygen atoms in total.